The van der Waals surface area contributed by atoms with E-state index in [2.05, 4.69) is 4.98 Å². The van der Waals surface area contributed by atoms with E-state index in [9.17, 15) is 4.79 Å². The quantitative estimate of drug-likeness (QED) is 0.726. The van der Waals surface area contributed by atoms with Crippen LogP contribution in [0.1, 0.15) is 28.2 Å². The normalized spacial score (nSPS) is 10.4. The monoisotopic (exact) mass is 207 g/mol. The molecule has 0 saturated carbocycles. The molecule has 0 fully saturated rings. The zero-order valence-corrected chi connectivity index (χ0v) is 8.50. The van der Waals surface area contributed by atoms with Gasteiger partial charge in [-0.2, -0.15) is 0 Å². The fourth-order valence-corrected chi connectivity index (χ4v) is 1.81. The van der Waals surface area contributed by atoms with Crippen molar-refractivity contribution in [2.45, 2.75) is 13.3 Å². The molecule has 0 saturated heterocycles. The molecule has 2 rings (SSSR count). The molecule has 14 heavy (non-hydrogen) atoms. The number of hydrogen-bond donors (Lipinski definition) is 0. The lowest BCUT2D eigenvalue weighted by Crippen LogP contribution is -1.92. The lowest BCUT2D eigenvalue weighted by atomic mass is 10.3. The number of Topliss-reactive ketones (excluding diaryl/α,β-unsaturated/α-hetero) is 1. The van der Waals surface area contributed by atoms with Crippen LogP contribution >= 0.6 is 11.3 Å². The van der Waals surface area contributed by atoms with Gasteiger partial charge in [0, 0.05) is 11.8 Å². The number of oxazole rings is 1. The molecule has 0 unspecified atom stereocenters. The van der Waals surface area contributed by atoms with E-state index in [4.69, 9.17) is 4.42 Å². The molecular formula is C10H9NO2S. The Morgan fingerprint density at radius 2 is 2.50 bits per heavy atom. The van der Waals surface area contributed by atoms with Crippen LogP contribution in [0.2, 0.25) is 0 Å². The second kappa shape index (κ2) is 3.75. The van der Waals surface area contributed by atoms with Crippen molar-refractivity contribution >= 4 is 17.1 Å². The Labute approximate surface area is 85.4 Å². The highest BCUT2D eigenvalue weighted by molar-refractivity contribution is 7.09. The summed E-state index contributed by atoms with van der Waals surface area (Å²) in [4.78, 5) is 16.2. The lowest BCUT2D eigenvalue weighted by molar-refractivity contribution is 0.101. The molecule has 2 aromatic heterocycles. The van der Waals surface area contributed by atoms with Gasteiger partial charge >= 0.3 is 0 Å². The average molecular weight is 207 g/mol. The number of ketones is 1. The molecule has 0 aromatic carbocycles. The van der Waals surface area contributed by atoms with Crippen LogP contribution in [0.5, 0.6) is 0 Å². The average Bonchev–Trinajstić information content (AvgIpc) is 2.75. The highest BCUT2D eigenvalue weighted by Gasteiger charge is 2.08. The van der Waals surface area contributed by atoms with E-state index in [0.29, 0.717) is 18.0 Å². The molecule has 0 spiro atoms. The molecule has 2 heterocycles. The van der Waals surface area contributed by atoms with Crippen molar-refractivity contribution in [3.05, 3.63) is 40.2 Å². The lowest BCUT2D eigenvalue weighted by Gasteiger charge is -1.88. The van der Waals surface area contributed by atoms with Crippen molar-refractivity contribution in [3.63, 3.8) is 0 Å². The van der Waals surface area contributed by atoms with Crippen molar-refractivity contribution < 1.29 is 9.21 Å². The molecular weight excluding hydrogens is 198 g/mol. The molecule has 0 aliphatic carbocycles. The Hall–Kier alpha value is -1.42. The van der Waals surface area contributed by atoms with Crippen LogP contribution in [-0.4, -0.2) is 10.8 Å². The SMILES string of the molecule is CC(=O)c1coc(Cc2cccs2)n1. The number of rotatable bonds is 3. The van der Waals surface area contributed by atoms with Gasteiger partial charge in [0.05, 0.1) is 6.42 Å². The Balaban J connectivity index is 2.14. The fraction of sp³-hybridized carbons (Fsp3) is 0.200. The van der Waals surface area contributed by atoms with Crippen LogP contribution in [0.3, 0.4) is 0 Å². The maximum atomic E-state index is 10.9. The number of carbonyl (C=O) groups excluding carboxylic acids is 1. The van der Waals surface area contributed by atoms with Gasteiger partial charge in [-0.15, -0.1) is 11.3 Å². The summed E-state index contributed by atoms with van der Waals surface area (Å²) < 4.78 is 5.17. The standard InChI is InChI=1S/C10H9NO2S/c1-7(12)9-6-13-10(11-9)5-8-3-2-4-14-8/h2-4,6H,5H2,1H3. The van der Waals surface area contributed by atoms with E-state index in [1.54, 1.807) is 11.3 Å². The van der Waals surface area contributed by atoms with Crippen molar-refractivity contribution in [2.75, 3.05) is 0 Å². The second-order valence-electron chi connectivity index (χ2n) is 2.94. The zero-order chi connectivity index (χ0) is 9.97. The van der Waals surface area contributed by atoms with Gasteiger partial charge in [-0.1, -0.05) is 6.07 Å². The third-order valence-electron chi connectivity index (χ3n) is 1.82. The molecule has 2 aromatic rings. The van der Waals surface area contributed by atoms with Crippen molar-refractivity contribution in [1.82, 2.24) is 4.98 Å². The van der Waals surface area contributed by atoms with E-state index in [0.717, 1.165) is 0 Å². The Bertz CT molecular complexity index is 431. The van der Waals surface area contributed by atoms with Crippen molar-refractivity contribution in [2.24, 2.45) is 0 Å². The Morgan fingerprint density at radius 3 is 3.07 bits per heavy atom. The third kappa shape index (κ3) is 1.90. The third-order valence-corrected chi connectivity index (χ3v) is 2.69. The van der Waals surface area contributed by atoms with Gasteiger partial charge < -0.3 is 4.42 Å². The maximum Gasteiger partial charge on any atom is 0.199 e. The first-order chi connectivity index (χ1) is 6.75. The number of aromatic nitrogens is 1. The molecule has 0 amide bonds. The first-order valence-electron chi connectivity index (χ1n) is 4.23. The first-order valence-corrected chi connectivity index (χ1v) is 5.11. The highest BCUT2D eigenvalue weighted by atomic mass is 32.1. The predicted octanol–water partition coefficient (Wildman–Crippen LogP) is 2.53. The van der Waals surface area contributed by atoms with Crippen LogP contribution < -0.4 is 0 Å². The minimum absolute atomic E-state index is 0.0637. The van der Waals surface area contributed by atoms with Gasteiger partial charge in [-0.25, -0.2) is 4.98 Å². The summed E-state index contributed by atoms with van der Waals surface area (Å²) in [5.41, 5.74) is 0.400. The van der Waals surface area contributed by atoms with Gasteiger partial charge in [0.25, 0.3) is 0 Å². The predicted molar refractivity (Wildman–Crippen MR) is 53.6 cm³/mol. The topological polar surface area (TPSA) is 43.1 Å². The fourth-order valence-electron chi connectivity index (χ4n) is 1.12. The molecule has 0 N–H and O–H groups in total. The Kier molecular flexibility index (Phi) is 2.45. The summed E-state index contributed by atoms with van der Waals surface area (Å²) in [7, 11) is 0. The minimum Gasteiger partial charge on any atom is -0.448 e. The second-order valence-corrected chi connectivity index (χ2v) is 3.97. The highest BCUT2D eigenvalue weighted by Crippen LogP contribution is 2.14. The molecule has 72 valence electrons. The van der Waals surface area contributed by atoms with E-state index in [1.165, 1.54) is 18.1 Å². The van der Waals surface area contributed by atoms with Gasteiger partial charge in [0.15, 0.2) is 11.7 Å². The van der Waals surface area contributed by atoms with E-state index >= 15 is 0 Å². The van der Waals surface area contributed by atoms with Crippen LogP contribution in [0.4, 0.5) is 0 Å². The molecule has 0 bridgehead atoms. The summed E-state index contributed by atoms with van der Waals surface area (Å²) in [5.74, 6) is 0.531. The maximum absolute atomic E-state index is 10.9. The minimum atomic E-state index is -0.0637. The van der Waals surface area contributed by atoms with Gasteiger partial charge in [-0.3, -0.25) is 4.79 Å². The summed E-state index contributed by atoms with van der Waals surface area (Å²) in [5, 5.41) is 2.00. The van der Waals surface area contributed by atoms with Gasteiger partial charge in [0.1, 0.15) is 12.0 Å². The Morgan fingerprint density at radius 1 is 1.64 bits per heavy atom. The van der Waals surface area contributed by atoms with E-state index in [1.807, 2.05) is 17.5 Å². The molecule has 0 aliphatic rings. The van der Waals surface area contributed by atoms with Crippen LogP contribution in [-0.2, 0) is 6.42 Å². The number of hydrogen-bond acceptors (Lipinski definition) is 4. The van der Waals surface area contributed by atoms with Crippen LogP contribution in [0, 0.1) is 0 Å². The largest absolute Gasteiger partial charge is 0.448 e. The smallest absolute Gasteiger partial charge is 0.199 e. The summed E-state index contributed by atoms with van der Waals surface area (Å²) in [6, 6.07) is 4.00. The first kappa shape index (κ1) is 9.15. The van der Waals surface area contributed by atoms with E-state index < -0.39 is 0 Å². The van der Waals surface area contributed by atoms with E-state index in [-0.39, 0.29) is 5.78 Å². The number of thiophene rings is 1. The van der Waals surface area contributed by atoms with Crippen molar-refractivity contribution in [3.8, 4) is 0 Å². The summed E-state index contributed by atoms with van der Waals surface area (Å²) in [6.07, 6.45) is 2.07. The molecule has 0 radical (unpaired) electrons. The number of carbonyl (C=O) groups is 1. The van der Waals surface area contributed by atoms with Gasteiger partial charge in [-0.05, 0) is 11.4 Å². The summed E-state index contributed by atoms with van der Waals surface area (Å²) >= 11 is 1.65. The number of nitrogens with zero attached hydrogens (tertiary/aromatic N) is 1. The molecule has 3 nitrogen and oxygen atoms in total. The molecule has 4 heteroatoms. The van der Waals surface area contributed by atoms with Crippen molar-refractivity contribution in [1.29, 1.82) is 0 Å². The zero-order valence-electron chi connectivity index (χ0n) is 7.69. The van der Waals surface area contributed by atoms with Crippen LogP contribution in [0.15, 0.2) is 28.2 Å². The molecule has 0 atom stereocenters. The molecule has 0 aliphatic heterocycles. The van der Waals surface area contributed by atoms with Gasteiger partial charge in [0.2, 0.25) is 0 Å². The summed E-state index contributed by atoms with van der Waals surface area (Å²) in [6.45, 7) is 1.48. The van der Waals surface area contributed by atoms with Crippen LogP contribution in [0.25, 0.3) is 0 Å².